The second kappa shape index (κ2) is 4.73. The number of halogens is 2. The topological polar surface area (TPSA) is 12.0 Å². The van der Waals surface area contributed by atoms with Gasteiger partial charge in [0.15, 0.2) is 0 Å². The highest BCUT2D eigenvalue weighted by atomic mass is 19.1. The Morgan fingerprint density at radius 1 is 1.18 bits per heavy atom. The van der Waals surface area contributed by atoms with Crippen LogP contribution in [-0.4, -0.2) is 13.1 Å². The summed E-state index contributed by atoms with van der Waals surface area (Å²) in [5, 5.41) is 3.38. The first-order chi connectivity index (χ1) is 8.02. The monoisotopic (exact) mass is 239 g/mol. The Morgan fingerprint density at radius 3 is 2.24 bits per heavy atom. The summed E-state index contributed by atoms with van der Waals surface area (Å²) in [7, 11) is 0. The van der Waals surface area contributed by atoms with Crippen LogP contribution in [0.25, 0.3) is 0 Å². The summed E-state index contributed by atoms with van der Waals surface area (Å²) < 4.78 is 26.4. The number of rotatable bonds is 5. The Balaban J connectivity index is 2.05. The van der Waals surface area contributed by atoms with Crippen LogP contribution in [0.3, 0.4) is 0 Å². The summed E-state index contributed by atoms with van der Waals surface area (Å²) in [6.07, 6.45) is 2.03. The van der Waals surface area contributed by atoms with E-state index in [0.29, 0.717) is 5.92 Å². The van der Waals surface area contributed by atoms with Gasteiger partial charge in [0.1, 0.15) is 11.6 Å². The van der Waals surface area contributed by atoms with Crippen molar-refractivity contribution in [3.63, 3.8) is 0 Å². The van der Waals surface area contributed by atoms with Crippen molar-refractivity contribution >= 4 is 0 Å². The molecule has 0 spiro atoms. The van der Waals surface area contributed by atoms with E-state index in [-0.39, 0.29) is 5.41 Å². The standard InChI is InChI=1S/C14H19F2N/c1-10(2)8-17-9-14(3-4-14)11-5-12(15)7-13(16)6-11/h5-7,10,17H,3-4,8-9H2,1-2H3. The Kier molecular flexibility index (Phi) is 3.48. The SMILES string of the molecule is CC(C)CNCC1(c2cc(F)cc(F)c2)CC1. The predicted octanol–water partition coefficient (Wildman–Crippen LogP) is 3.24. The molecular weight excluding hydrogens is 220 g/mol. The molecule has 94 valence electrons. The van der Waals surface area contributed by atoms with E-state index < -0.39 is 11.6 Å². The van der Waals surface area contributed by atoms with Crippen molar-refractivity contribution in [3.8, 4) is 0 Å². The van der Waals surface area contributed by atoms with Gasteiger partial charge in [0, 0.05) is 18.0 Å². The zero-order valence-corrected chi connectivity index (χ0v) is 10.4. The van der Waals surface area contributed by atoms with Gasteiger partial charge in [0.2, 0.25) is 0 Å². The highest BCUT2D eigenvalue weighted by molar-refractivity contribution is 5.32. The average Bonchev–Trinajstić information content (AvgIpc) is 2.97. The summed E-state index contributed by atoms with van der Waals surface area (Å²) in [6, 6.07) is 3.86. The van der Waals surface area contributed by atoms with Crippen molar-refractivity contribution in [2.45, 2.75) is 32.1 Å². The van der Waals surface area contributed by atoms with E-state index >= 15 is 0 Å². The van der Waals surface area contributed by atoms with Crippen molar-refractivity contribution in [2.75, 3.05) is 13.1 Å². The lowest BCUT2D eigenvalue weighted by molar-refractivity contribution is 0.503. The molecule has 0 radical (unpaired) electrons. The minimum atomic E-state index is -0.477. The van der Waals surface area contributed by atoms with Crippen molar-refractivity contribution < 1.29 is 8.78 Å². The van der Waals surface area contributed by atoms with Crippen molar-refractivity contribution in [3.05, 3.63) is 35.4 Å². The van der Waals surface area contributed by atoms with E-state index in [9.17, 15) is 8.78 Å². The van der Waals surface area contributed by atoms with Gasteiger partial charge in [-0.05, 0) is 43.0 Å². The fourth-order valence-corrected chi connectivity index (χ4v) is 2.18. The van der Waals surface area contributed by atoms with Crippen LogP contribution in [0, 0.1) is 17.6 Å². The zero-order chi connectivity index (χ0) is 12.5. The molecule has 2 rings (SSSR count). The van der Waals surface area contributed by atoms with Crippen molar-refractivity contribution in [2.24, 2.45) is 5.92 Å². The van der Waals surface area contributed by atoms with E-state index in [1.165, 1.54) is 12.1 Å². The molecule has 1 N–H and O–H groups in total. The maximum Gasteiger partial charge on any atom is 0.126 e. The molecule has 0 aromatic heterocycles. The Labute approximate surface area is 101 Å². The molecule has 1 aliphatic carbocycles. The van der Waals surface area contributed by atoms with Crippen molar-refractivity contribution in [1.29, 1.82) is 0 Å². The van der Waals surface area contributed by atoms with Gasteiger partial charge >= 0.3 is 0 Å². The van der Waals surface area contributed by atoms with E-state index in [4.69, 9.17) is 0 Å². The normalized spacial score (nSPS) is 17.5. The van der Waals surface area contributed by atoms with Crippen molar-refractivity contribution in [1.82, 2.24) is 5.32 Å². The molecule has 1 aromatic rings. The van der Waals surface area contributed by atoms with Crippen LogP contribution >= 0.6 is 0 Å². The minimum absolute atomic E-state index is 0.0299. The first-order valence-corrected chi connectivity index (χ1v) is 6.19. The molecule has 0 heterocycles. The molecular formula is C14H19F2N. The van der Waals surface area contributed by atoms with Gasteiger partial charge in [-0.1, -0.05) is 13.8 Å². The molecule has 0 atom stereocenters. The lowest BCUT2D eigenvalue weighted by atomic mass is 9.95. The lowest BCUT2D eigenvalue weighted by Gasteiger charge is -2.18. The molecule has 0 amide bonds. The predicted molar refractivity (Wildman–Crippen MR) is 65.0 cm³/mol. The lowest BCUT2D eigenvalue weighted by Crippen LogP contribution is -2.29. The molecule has 0 saturated heterocycles. The third-order valence-electron chi connectivity index (χ3n) is 3.34. The Bertz CT molecular complexity index is 377. The third-order valence-corrected chi connectivity index (χ3v) is 3.34. The van der Waals surface area contributed by atoms with E-state index in [0.717, 1.165) is 37.6 Å². The van der Waals surface area contributed by atoms with Crippen LogP contribution < -0.4 is 5.32 Å². The molecule has 1 aromatic carbocycles. The number of hydrogen-bond donors (Lipinski definition) is 1. The molecule has 1 nitrogen and oxygen atoms in total. The molecule has 0 bridgehead atoms. The van der Waals surface area contributed by atoms with Crippen LogP contribution in [0.2, 0.25) is 0 Å². The van der Waals surface area contributed by atoms with Crippen LogP contribution in [0.15, 0.2) is 18.2 Å². The smallest absolute Gasteiger partial charge is 0.126 e. The highest BCUT2D eigenvalue weighted by Gasteiger charge is 2.44. The molecule has 1 fully saturated rings. The van der Waals surface area contributed by atoms with Crippen LogP contribution in [0.1, 0.15) is 32.3 Å². The number of benzene rings is 1. The van der Waals surface area contributed by atoms with Gasteiger partial charge in [-0.3, -0.25) is 0 Å². The van der Waals surface area contributed by atoms with Crippen LogP contribution in [0.4, 0.5) is 8.78 Å². The van der Waals surface area contributed by atoms with Gasteiger partial charge < -0.3 is 5.32 Å². The Morgan fingerprint density at radius 2 is 1.76 bits per heavy atom. The summed E-state index contributed by atoms with van der Waals surface area (Å²) in [5.41, 5.74) is 0.768. The fraction of sp³-hybridized carbons (Fsp3) is 0.571. The second-order valence-electron chi connectivity index (χ2n) is 5.46. The largest absolute Gasteiger partial charge is 0.316 e. The summed E-state index contributed by atoms with van der Waals surface area (Å²) >= 11 is 0. The van der Waals surface area contributed by atoms with Crippen LogP contribution in [-0.2, 0) is 5.41 Å². The summed E-state index contributed by atoms with van der Waals surface area (Å²) in [5.74, 6) is -0.361. The highest BCUT2D eigenvalue weighted by Crippen LogP contribution is 2.47. The summed E-state index contributed by atoms with van der Waals surface area (Å²) in [4.78, 5) is 0. The molecule has 17 heavy (non-hydrogen) atoms. The van der Waals surface area contributed by atoms with Gasteiger partial charge in [-0.15, -0.1) is 0 Å². The minimum Gasteiger partial charge on any atom is -0.316 e. The number of nitrogens with one attached hydrogen (secondary N) is 1. The van der Waals surface area contributed by atoms with E-state index in [1.807, 2.05) is 0 Å². The fourth-order valence-electron chi connectivity index (χ4n) is 2.18. The Hall–Kier alpha value is -0.960. The van der Waals surface area contributed by atoms with Gasteiger partial charge in [0.25, 0.3) is 0 Å². The van der Waals surface area contributed by atoms with Gasteiger partial charge in [-0.2, -0.15) is 0 Å². The average molecular weight is 239 g/mol. The third kappa shape index (κ3) is 3.03. The first kappa shape index (κ1) is 12.5. The quantitative estimate of drug-likeness (QED) is 0.831. The second-order valence-corrected chi connectivity index (χ2v) is 5.46. The molecule has 3 heteroatoms. The molecule has 1 saturated carbocycles. The van der Waals surface area contributed by atoms with E-state index in [2.05, 4.69) is 19.2 Å². The molecule has 1 aliphatic rings. The van der Waals surface area contributed by atoms with E-state index in [1.54, 1.807) is 0 Å². The first-order valence-electron chi connectivity index (χ1n) is 6.19. The van der Waals surface area contributed by atoms with Gasteiger partial charge in [-0.25, -0.2) is 8.78 Å². The zero-order valence-electron chi connectivity index (χ0n) is 10.4. The maximum atomic E-state index is 13.2. The van der Waals surface area contributed by atoms with Crippen LogP contribution in [0.5, 0.6) is 0 Å². The number of hydrogen-bond acceptors (Lipinski definition) is 1. The maximum absolute atomic E-state index is 13.2. The summed E-state index contributed by atoms with van der Waals surface area (Å²) in [6.45, 7) is 6.05. The molecule has 0 aliphatic heterocycles. The molecule has 0 unspecified atom stereocenters. The van der Waals surface area contributed by atoms with Gasteiger partial charge in [0.05, 0.1) is 0 Å².